The zero-order valence-corrected chi connectivity index (χ0v) is 19.5. The normalized spacial score (nSPS) is 12.4. The van der Waals surface area contributed by atoms with Gasteiger partial charge in [0.05, 0.1) is 13.2 Å². The molecule has 0 saturated carbocycles. The van der Waals surface area contributed by atoms with Crippen molar-refractivity contribution in [3.05, 3.63) is 65.7 Å². The second-order valence-corrected chi connectivity index (χ2v) is 7.59. The first-order chi connectivity index (χ1) is 15.9. The van der Waals surface area contributed by atoms with Crippen LogP contribution in [0.1, 0.15) is 36.9 Å². The molecule has 0 aliphatic carbocycles. The van der Waals surface area contributed by atoms with Gasteiger partial charge in [0.15, 0.2) is 0 Å². The monoisotopic (exact) mass is 454 g/mol. The van der Waals surface area contributed by atoms with Gasteiger partial charge < -0.3 is 24.7 Å². The highest BCUT2D eigenvalue weighted by Gasteiger charge is 2.23. The van der Waals surface area contributed by atoms with Crippen LogP contribution < -0.4 is 16.1 Å². The Kier molecular flexibility index (Phi) is 10.6. The SMILES string of the molecule is COB(OC)c1ccc(C[C@H](NC(=O)CCC(=O)N[C@H](C)c2ccccc2)C(=O)OC)cc1. The smallest absolute Gasteiger partial charge is 0.467 e. The maximum Gasteiger partial charge on any atom is 0.493 e. The number of hydrogen-bond acceptors (Lipinski definition) is 6. The zero-order chi connectivity index (χ0) is 24.2. The predicted molar refractivity (Wildman–Crippen MR) is 126 cm³/mol. The second-order valence-electron chi connectivity index (χ2n) is 7.59. The van der Waals surface area contributed by atoms with Crippen molar-refractivity contribution in [3.63, 3.8) is 0 Å². The summed E-state index contributed by atoms with van der Waals surface area (Å²) in [4.78, 5) is 36.8. The van der Waals surface area contributed by atoms with Crippen molar-refractivity contribution >= 4 is 30.4 Å². The molecule has 0 fully saturated rings. The van der Waals surface area contributed by atoms with Gasteiger partial charge in [-0.05, 0) is 23.5 Å². The van der Waals surface area contributed by atoms with Gasteiger partial charge in [-0.3, -0.25) is 9.59 Å². The molecule has 33 heavy (non-hydrogen) atoms. The molecule has 0 radical (unpaired) electrons. The highest BCUT2D eigenvalue weighted by molar-refractivity contribution is 6.61. The molecule has 0 aliphatic heterocycles. The van der Waals surface area contributed by atoms with Crippen LogP contribution in [-0.4, -0.2) is 52.3 Å². The van der Waals surface area contributed by atoms with E-state index in [1.807, 2.05) is 61.5 Å². The molecule has 0 saturated heterocycles. The van der Waals surface area contributed by atoms with Gasteiger partial charge in [-0.2, -0.15) is 0 Å². The van der Waals surface area contributed by atoms with Crippen molar-refractivity contribution < 1.29 is 28.4 Å². The first kappa shape index (κ1) is 26.1. The average molecular weight is 454 g/mol. The lowest BCUT2D eigenvalue weighted by Gasteiger charge is -2.18. The van der Waals surface area contributed by atoms with Crippen LogP contribution in [0.25, 0.3) is 0 Å². The summed E-state index contributed by atoms with van der Waals surface area (Å²) in [6.07, 6.45) is 0.227. The van der Waals surface area contributed by atoms with Crippen molar-refractivity contribution in [2.24, 2.45) is 0 Å². The van der Waals surface area contributed by atoms with Gasteiger partial charge in [-0.15, -0.1) is 0 Å². The molecule has 0 heterocycles. The number of methoxy groups -OCH3 is 1. The molecule has 2 aromatic carbocycles. The predicted octanol–water partition coefficient (Wildman–Crippen LogP) is 1.53. The van der Waals surface area contributed by atoms with E-state index in [1.165, 1.54) is 7.11 Å². The summed E-state index contributed by atoms with van der Waals surface area (Å²) in [5, 5.41) is 5.54. The highest BCUT2D eigenvalue weighted by atomic mass is 16.6. The van der Waals surface area contributed by atoms with Gasteiger partial charge in [-0.25, -0.2) is 4.79 Å². The number of esters is 1. The maximum atomic E-state index is 12.4. The van der Waals surface area contributed by atoms with Gasteiger partial charge in [0.2, 0.25) is 11.8 Å². The molecule has 0 aliphatic rings. The molecule has 9 heteroatoms. The third kappa shape index (κ3) is 8.36. The summed E-state index contributed by atoms with van der Waals surface area (Å²) >= 11 is 0. The Hall–Kier alpha value is -3.17. The molecule has 8 nitrogen and oxygen atoms in total. The van der Waals surface area contributed by atoms with Gasteiger partial charge in [0, 0.05) is 33.5 Å². The molecule has 2 atom stereocenters. The van der Waals surface area contributed by atoms with Crippen LogP contribution in [0, 0.1) is 0 Å². The highest BCUT2D eigenvalue weighted by Crippen LogP contribution is 2.11. The molecule has 2 N–H and O–H groups in total. The van der Waals surface area contributed by atoms with Crippen LogP contribution in [0.5, 0.6) is 0 Å². The van der Waals surface area contributed by atoms with Crippen LogP contribution in [0.3, 0.4) is 0 Å². The number of carbonyl (C=O) groups excluding carboxylic acids is 3. The Morgan fingerprint density at radius 3 is 1.97 bits per heavy atom. The minimum atomic E-state index is -0.861. The second kappa shape index (κ2) is 13.4. The minimum absolute atomic E-state index is 0.0149. The molecule has 0 unspecified atom stereocenters. The quantitative estimate of drug-likeness (QED) is 0.373. The third-order valence-corrected chi connectivity index (χ3v) is 5.20. The lowest BCUT2D eigenvalue weighted by molar-refractivity contribution is -0.145. The van der Waals surface area contributed by atoms with Crippen LogP contribution >= 0.6 is 0 Å². The minimum Gasteiger partial charge on any atom is -0.467 e. The van der Waals surface area contributed by atoms with Crippen LogP contribution in [-0.2, 0) is 34.9 Å². The Balaban J connectivity index is 1.89. The van der Waals surface area contributed by atoms with Crippen molar-refractivity contribution in [1.29, 1.82) is 0 Å². The number of ether oxygens (including phenoxy) is 1. The molecular formula is C24H31BN2O6. The molecule has 0 aromatic heterocycles. The molecule has 0 bridgehead atoms. The summed E-state index contributed by atoms with van der Waals surface area (Å²) in [6.45, 7) is 1.88. The van der Waals surface area contributed by atoms with Crippen LogP contribution in [0.4, 0.5) is 0 Å². The van der Waals surface area contributed by atoms with E-state index in [-0.39, 0.29) is 31.2 Å². The van der Waals surface area contributed by atoms with E-state index in [2.05, 4.69) is 10.6 Å². The molecule has 176 valence electrons. The van der Waals surface area contributed by atoms with E-state index < -0.39 is 25.0 Å². The van der Waals surface area contributed by atoms with Crippen LogP contribution in [0.2, 0.25) is 0 Å². The Morgan fingerprint density at radius 2 is 1.42 bits per heavy atom. The number of carbonyl (C=O) groups is 3. The fourth-order valence-corrected chi connectivity index (χ4v) is 3.38. The average Bonchev–Trinajstić information content (AvgIpc) is 2.84. The molecule has 2 rings (SSSR count). The van der Waals surface area contributed by atoms with Crippen molar-refractivity contribution in [1.82, 2.24) is 10.6 Å². The topological polar surface area (TPSA) is 103 Å². The zero-order valence-electron chi connectivity index (χ0n) is 19.5. The molecular weight excluding hydrogens is 423 g/mol. The van der Waals surface area contributed by atoms with E-state index in [0.717, 1.165) is 16.6 Å². The number of rotatable bonds is 12. The Bertz CT molecular complexity index is 903. The van der Waals surface area contributed by atoms with E-state index in [9.17, 15) is 14.4 Å². The lowest BCUT2D eigenvalue weighted by Crippen LogP contribution is -2.43. The van der Waals surface area contributed by atoms with Crippen molar-refractivity contribution in [2.75, 3.05) is 21.3 Å². The van der Waals surface area contributed by atoms with Crippen LogP contribution in [0.15, 0.2) is 54.6 Å². The number of nitrogens with one attached hydrogen (secondary N) is 2. The van der Waals surface area contributed by atoms with E-state index >= 15 is 0 Å². The van der Waals surface area contributed by atoms with Crippen molar-refractivity contribution in [3.8, 4) is 0 Å². The first-order valence-electron chi connectivity index (χ1n) is 10.7. The standard InChI is InChI=1S/C24H31BN2O6/c1-17(19-8-6-5-7-9-19)26-22(28)14-15-23(29)27-21(24(30)31-2)16-18-10-12-20(13-11-18)25(32-3)33-4/h5-13,17,21H,14-16H2,1-4H3,(H,26,28)(H,27,29)/t17-,21+/m1/s1. The van der Waals surface area contributed by atoms with Gasteiger partial charge in [0.1, 0.15) is 6.04 Å². The largest absolute Gasteiger partial charge is 0.493 e. The fraction of sp³-hybridized carbons (Fsp3) is 0.375. The van der Waals surface area contributed by atoms with Gasteiger partial charge in [0.25, 0.3) is 0 Å². The van der Waals surface area contributed by atoms with E-state index in [0.29, 0.717) is 0 Å². The van der Waals surface area contributed by atoms with Crippen molar-refractivity contribution in [2.45, 2.75) is 38.3 Å². The summed E-state index contributed by atoms with van der Waals surface area (Å²) in [7, 11) is 3.89. The summed E-state index contributed by atoms with van der Waals surface area (Å²) in [5.74, 6) is -1.19. The summed E-state index contributed by atoms with van der Waals surface area (Å²) in [5.41, 5.74) is 2.64. The molecule has 2 amide bonds. The number of amides is 2. The van der Waals surface area contributed by atoms with Gasteiger partial charge in [-0.1, -0.05) is 54.6 Å². The third-order valence-electron chi connectivity index (χ3n) is 5.20. The maximum absolute atomic E-state index is 12.4. The van der Waals surface area contributed by atoms with E-state index in [1.54, 1.807) is 14.2 Å². The molecule has 2 aromatic rings. The molecule has 0 spiro atoms. The first-order valence-corrected chi connectivity index (χ1v) is 10.7. The lowest BCUT2D eigenvalue weighted by atomic mass is 9.78. The van der Waals surface area contributed by atoms with Gasteiger partial charge >= 0.3 is 13.1 Å². The summed E-state index contributed by atoms with van der Waals surface area (Å²) < 4.78 is 15.3. The Labute approximate surface area is 195 Å². The Morgan fingerprint density at radius 1 is 0.848 bits per heavy atom. The number of benzene rings is 2. The number of hydrogen-bond donors (Lipinski definition) is 2. The fourth-order valence-electron chi connectivity index (χ4n) is 3.38. The summed E-state index contributed by atoms with van der Waals surface area (Å²) in [6, 6.07) is 15.9. The van der Waals surface area contributed by atoms with E-state index in [4.69, 9.17) is 14.0 Å².